The van der Waals surface area contributed by atoms with E-state index in [1.165, 1.54) is 0 Å². The van der Waals surface area contributed by atoms with Gasteiger partial charge in [0.15, 0.2) is 5.82 Å². The summed E-state index contributed by atoms with van der Waals surface area (Å²) in [5.41, 5.74) is 1.46. The van der Waals surface area contributed by atoms with Crippen LogP contribution < -0.4 is 5.56 Å². The molecule has 0 amide bonds. The lowest BCUT2D eigenvalue weighted by Gasteiger charge is -2.08. The summed E-state index contributed by atoms with van der Waals surface area (Å²) in [6.07, 6.45) is 3.49. The number of benzene rings is 1. The minimum Gasteiger partial charge on any atom is -0.304 e. The molecular formula is C16H14IN3O. The van der Waals surface area contributed by atoms with Crippen molar-refractivity contribution < 1.29 is 0 Å². The van der Waals surface area contributed by atoms with Gasteiger partial charge in [-0.25, -0.2) is 4.98 Å². The van der Waals surface area contributed by atoms with Crippen molar-refractivity contribution in [2.45, 2.75) is 19.8 Å². The summed E-state index contributed by atoms with van der Waals surface area (Å²) in [5.74, 6) is 0.542. The molecule has 5 heteroatoms. The molecular weight excluding hydrogens is 377 g/mol. The number of nitrogens with one attached hydrogen (secondary N) is 1. The Balaban J connectivity index is 2.26. The molecule has 3 rings (SSSR count). The van der Waals surface area contributed by atoms with Crippen LogP contribution in [0.25, 0.3) is 22.3 Å². The zero-order valence-corrected chi connectivity index (χ0v) is 13.7. The van der Waals surface area contributed by atoms with E-state index >= 15 is 0 Å². The second-order valence-corrected chi connectivity index (χ2v) is 5.88. The summed E-state index contributed by atoms with van der Waals surface area (Å²) in [4.78, 5) is 24.0. The van der Waals surface area contributed by atoms with Crippen LogP contribution in [-0.2, 0) is 6.42 Å². The fourth-order valence-corrected chi connectivity index (χ4v) is 2.85. The maximum Gasteiger partial charge on any atom is 0.264 e. The second-order valence-electron chi connectivity index (χ2n) is 4.81. The molecule has 2 heterocycles. The van der Waals surface area contributed by atoms with Crippen LogP contribution in [-0.4, -0.2) is 15.0 Å². The van der Waals surface area contributed by atoms with Gasteiger partial charge >= 0.3 is 0 Å². The number of aromatic nitrogens is 3. The van der Waals surface area contributed by atoms with E-state index in [9.17, 15) is 4.79 Å². The molecule has 1 N–H and O–H groups in total. The Bertz CT molecular complexity index is 852. The summed E-state index contributed by atoms with van der Waals surface area (Å²) in [5, 5.41) is 2.08. The Morgan fingerprint density at radius 2 is 2.05 bits per heavy atom. The van der Waals surface area contributed by atoms with Gasteiger partial charge in [0.05, 0.1) is 9.26 Å². The summed E-state index contributed by atoms with van der Waals surface area (Å²) in [7, 11) is 0. The fraction of sp³-hybridized carbons (Fsp3) is 0.188. The number of pyridine rings is 1. The molecule has 0 fully saturated rings. The summed E-state index contributed by atoms with van der Waals surface area (Å²) in [6, 6.07) is 9.92. The largest absolute Gasteiger partial charge is 0.304 e. The molecule has 0 radical (unpaired) electrons. The van der Waals surface area contributed by atoms with E-state index in [0.717, 1.165) is 35.0 Å². The van der Waals surface area contributed by atoms with Crippen LogP contribution in [0.5, 0.6) is 0 Å². The molecule has 0 spiro atoms. The standard InChI is InChI=1S/C16H14IN3O/c1-2-5-12-13(17)16(21)20-15(19-12)14-11-7-4-3-6-10(11)8-9-18-14/h3-4,6-9H,2,5H2,1H3,(H,19,20,21). The lowest BCUT2D eigenvalue weighted by Crippen LogP contribution is -2.16. The van der Waals surface area contributed by atoms with Gasteiger partial charge in [0.25, 0.3) is 5.56 Å². The van der Waals surface area contributed by atoms with Crippen LogP contribution in [0.15, 0.2) is 41.3 Å². The molecule has 0 unspecified atom stereocenters. The number of aryl methyl sites for hydroxylation is 1. The number of aromatic amines is 1. The predicted octanol–water partition coefficient (Wildman–Crippen LogP) is 3.54. The Morgan fingerprint density at radius 1 is 1.24 bits per heavy atom. The van der Waals surface area contributed by atoms with Gasteiger partial charge in [0, 0.05) is 11.6 Å². The van der Waals surface area contributed by atoms with Crippen LogP contribution in [0.4, 0.5) is 0 Å². The zero-order valence-electron chi connectivity index (χ0n) is 11.6. The SMILES string of the molecule is CCCc1nc(-c2nccc3ccccc23)[nH]c(=O)c1I. The molecule has 1 aromatic carbocycles. The number of hydrogen-bond donors (Lipinski definition) is 1. The number of halogens is 1. The third-order valence-electron chi connectivity index (χ3n) is 3.32. The van der Waals surface area contributed by atoms with Gasteiger partial charge in [-0.3, -0.25) is 9.78 Å². The lowest BCUT2D eigenvalue weighted by atomic mass is 10.1. The molecule has 0 saturated carbocycles. The van der Waals surface area contributed by atoms with Crippen LogP contribution in [0.3, 0.4) is 0 Å². The highest BCUT2D eigenvalue weighted by Gasteiger charge is 2.12. The van der Waals surface area contributed by atoms with Crippen molar-refractivity contribution in [2.24, 2.45) is 0 Å². The normalized spacial score (nSPS) is 11.0. The van der Waals surface area contributed by atoms with E-state index in [1.807, 2.05) is 30.3 Å². The number of H-pyrrole nitrogens is 1. The van der Waals surface area contributed by atoms with Crippen molar-refractivity contribution in [3.63, 3.8) is 0 Å². The first-order valence-corrected chi connectivity index (χ1v) is 7.91. The van der Waals surface area contributed by atoms with Crippen LogP contribution >= 0.6 is 22.6 Å². The first-order valence-electron chi connectivity index (χ1n) is 6.83. The maximum absolute atomic E-state index is 12.1. The van der Waals surface area contributed by atoms with Crippen LogP contribution in [0.2, 0.25) is 0 Å². The van der Waals surface area contributed by atoms with Crippen molar-refractivity contribution in [1.82, 2.24) is 15.0 Å². The third kappa shape index (κ3) is 2.70. The fourth-order valence-electron chi connectivity index (χ4n) is 2.33. The first kappa shape index (κ1) is 14.2. The van der Waals surface area contributed by atoms with E-state index in [1.54, 1.807) is 6.20 Å². The lowest BCUT2D eigenvalue weighted by molar-refractivity contribution is 0.859. The van der Waals surface area contributed by atoms with E-state index < -0.39 is 0 Å². The van der Waals surface area contributed by atoms with E-state index in [2.05, 4.69) is 44.5 Å². The van der Waals surface area contributed by atoms with E-state index in [4.69, 9.17) is 0 Å². The number of nitrogens with zero attached hydrogens (tertiary/aromatic N) is 2. The second kappa shape index (κ2) is 5.93. The van der Waals surface area contributed by atoms with Crippen LogP contribution in [0, 0.1) is 3.57 Å². The van der Waals surface area contributed by atoms with Crippen molar-refractivity contribution in [2.75, 3.05) is 0 Å². The van der Waals surface area contributed by atoms with Gasteiger partial charge in [0.2, 0.25) is 0 Å². The topological polar surface area (TPSA) is 58.6 Å². The van der Waals surface area contributed by atoms with E-state index in [-0.39, 0.29) is 5.56 Å². The highest BCUT2D eigenvalue weighted by atomic mass is 127. The molecule has 0 aliphatic carbocycles. The highest BCUT2D eigenvalue weighted by Crippen LogP contribution is 2.23. The van der Waals surface area contributed by atoms with Gasteiger partial charge in [-0.05, 0) is 40.5 Å². The average molecular weight is 391 g/mol. The smallest absolute Gasteiger partial charge is 0.264 e. The van der Waals surface area contributed by atoms with Gasteiger partial charge in [-0.15, -0.1) is 0 Å². The molecule has 0 bridgehead atoms. The van der Waals surface area contributed by atoms with Crippen molar-refractivity contribution in [3.8, 4) is 11.5 Å². The van der Waals surface area contributed by atoms with Gasteiger partial charge in [-0.1, -0.05) is 37.6 Å². The molecule has 106 valence electrons. The quantitative estimate of drug-likeness (QED) is 0.695. The predicted molar refractivity (Wildman–Crippen MR) is 92.3 cm³/mol. The molecule has 21 heavy (non-hydrogen) atoms. The van der Waals surface area contributed by atoms with Crippen molar-refractivity contribution in [1.29, 1.82) is 0 Å². The Labute approximate surface area is 135 Å². The van der Waals surface area contributed by atoms with E-state index in [0.29, 0.717) is 9.39 Å². The summed E-state index contributed by atoms with van der Waals surface area (Å²) < 4.78 is 0.665. The number of hydrogen-bond acceptors (Lipinski definition) is 3. The van der Waals surface area contributed by atoms with Crippen LogP contribution in [0.1, 0.15) is 19.0 Å². The molecule has 0 atom stereocenters. The minimum atomic E-state index is -0.0983. The van der Waals surface area contributed by atoms with Gasteiger partial charge < -0.3 is 4.98 Å². The molecule has 0 aliphatic rings. The zero-order chi connectivity index (χ0) is 14.8. The summed E-state index contributed by atoms with van der Waals surface area (Å²) >= 11 is 2.06. The van der Waals surface area contributed by atoms with Crippen molar-refractivity contribution in [3.05, 3.63) is 56.1 Å². The Morgan fingerprint density at radius 3 is 2.86 bits per heavy atom. The molecule has 2 aromatic heterocycles. The molecule has 3 aromatic rings. The molecule has 0 saturated heterocycles. The Hall–Kier alpha value is -1.76. The number of fused-ring (bicyclic) bond motifs is 1. The Kier molecular flexibility index (Phi) is 4.01. The maximum atomic E-state index is 12.1. The van der Waals surface area contributed by atoms with Gasteiger partial charge in [0.1, 0.15) is 5.69 Å². The van der Waals surface area contributed by atoms with Gasteiger partial charge in [-0.2, -0.15) is 0 Å². The highest BCUT2D eigenvalue weighted by molar-refractivity contribution is 14.1. The monoisotopic (exact) mass is 391 g/mol. The molecule has 4 nitrogen and oxygen atoms in total. The summed E-state index contributed by atoms with van der Waals surface area (Å²) in [6.45, 7) is 2.08. The third-order valence-corrected chi connectivity index (χ3v) is 4.43. The number of rotatable bonds is 3. The van der Waals surface area contributed by atoms with Crippen molar-refractivity contribution >= 4 is 33.4 Å². The average Bonchev–Trinajstić information content (AvgIpc) is 2.51. The molecule has 0 aliphatic heterocycles. The first-order chi connectivity index (χ1) is 10.2. The minimum absolute atomic E-state index is 0.0983.